The Kier molecular flexibility index (Phi) is 5.81. The Bertz CT molecular complexity index is 1140. The second-order valence-corrected chi connectivity index (χ2v) is 8.51. The standard InChI is InChI=1S/C29H28O2/c1-21-8-14-25(15-9-21)30-26-16-10-23(11-17-26)29(3,4)24-12-18-27(19-13-24)31-28-7-5-6-22(2)20-28/h5-20H,1-4H3. The molecular formula is C29H28O2. The first-order chi connectivity index (χ1) is 14.9. The largest absolute Gasteiger partial charge is 0.457 e. The summed E-state index contributed by atoms with van der Waals surface area (Å²) in [5.41, 5.74) is 4.74. The van der Waals surface area contributed by atoms with Gasteiger partial charge in [-0.25, -0.2) is 0 Å². The zero-order valence-corrected chi connectivity index (χ0v) is 18.6. The van der Waals surface area contributed by atoms with E-state index in [0.29, 0.717) is 0 Å². The zero-order valence-electron chi connectivity index (χ0n) is 18.6. The van der Waals surface area contributed by atoms with Crippen molar-refractivity contribution in [3.63, 3.8) is 0 Å². The molecule has 156 valence electrons. The maximum atomic E-state index is 6.00. The van der Waals surface area contributed by atoms with Gasteiger partial charge in [0.25, 0.3) is 0 Å². The molecule has 0 fully saturated rings. The van der Waals surface area contributed by atoms with Crippen molar-refractivity contribution in [1.82, 2.24) is 0 Å². The number of ether oxygens (including phenoxy) is 2. The van der Waals surface area contributed by atoms with Crippen LogP contribution in [0.1, 0.15) is 36.1 Å². The average molecular weight is 409 g/mol. The van der Waals surface area contributed by atoms with E-state index in [0.717, 1.165) is 23.0 Å². The van der Waals surface area contributed by atoms with Crippen LogP contribution in [0.15, 0.2) is 97.1 Å². The first-order valence-corrected chi connectivity index (χ1v) is 10.6. The minimum absolute atomic E-state index is 0.135. The zero-order chi connectivity index (χ0) is 21.8. The molecule has 0 bridgehead atoms. The Balaban J connectivity index is 1.47. The van der Waals surface area contributed by atoms with Gasteiger partial charge in [-0.3, -0.25) is 0 Å². The number of aryl methyl sites for hydroxylation is 2. The van der Waals surface area contributed by atoms with Crippen LogP contribution in [0, 0.1) is 13.8 Å². The number of hydrogen-bond donors (Lipinski definition) is 0. The molecule has 0 atom stereocenters. The second-order valence-electron chi connectivity index (χ2n) is 8.51. The summed E-state index contributed by atoms with van der Waals surface area (Å²) < 4.78 is 12.0. The Labute approximate surface area is 185 Å². The highest BCUT2D eigenvalue weighted by atomic mass is 16.5. The van der Waals surface area contributed by atoms with Gasteiger partial charge in [-0.05, 0) is 79.1 Å². The van der Waals surface area contributed by atoms with Crippen molar-refractivity contribution in [1.29, 1.82) is 0 Å². The summed E-state index contributed by atoms with van der Waals surface area (Å²) in [6.45, 7) is 8.61. The van der Waals surface area contributed by atoms with Crippen molar-refractivity contribution in [3.8, 4) is 23.0 Å². The molecule has 2 heteroatoms. The van der Waals surface area contributed by atoms with Gasteiger partial charge in [-0.2, -0.15) is 0 Å². The fourth-order valence-electron chi connectivity index (χ4n) is 3.60. The van der Waals surface area contributed by atoms with Crippen molar-refractivity contribution in [2.75, 3.05) is 0 Å². The van der Waals surface area contributed by atoms with Crippen molar-refractivity contribution in [3.05, 3.63) is 119 Å². The van der Waals surface area contributed by atoms with E-state index < -0.39 is 0 Å². The summed E-state index contributed by atoms with van der Waals surface area (Å²) in [6.07, 6.45) is 0. The van der Waals surface area contributed by atoms with E-state index in [1.807, 2.05) is 54.6 Å². The summed E-state index contributed by atoms with van der Waals surface area (Å²) in [4.78, 5) is 0. The number of rotatable bonds is 6. The van der Waals surface area contributed by atoms with Gasteiger partial charge < -0.3 is 9.47 Å². The lowest BCUT2D eigenvalue weighted by Crippen LogP contribution is -2.18. The molecule has 0 aliphatic carbocycles. The van der Waals surface area contributed by atoms with Gasteiger partial charge in [0, 0.05) is 5.41 Å². The van der Waals surface area contributed by atoms with E-state index in [9.17, 15) is 0 Å². The second kappa shape index (κ2) is 8.69. The predicted molar refractivity (Wildman–Crippen MR) is 128 cm³/mol. The monoisotopic (exact) mass is 408 g/mol. The SMILES string of the molecule is Cc1ccc(Oc2ccc(C(C)(C)c3ccc(Oc4cccc(C)c4)cc3)cc2)cc1. The molecule has 4 aromatic carbocycles. The van der Waals surface area contributed by atoms with E-state index >= 15 is 0 Å². The minimum atomic E-state index is -0.135. The molecule has 0 radical (unpaired) electrons. The molecule has 0 N–H and O–H groups in total. The summed E-state index contributed by atoms with van der Waals surface area (Å²) in [6, 6.07) is 32.9. The highest BCUT2D eigenvalue weighted by molar-refractivity contribution is 5.43. The Morgan fingerprint density at radius 3 is 1.42 bits per heavy atom. The first kappa shape index (κ1) is 20.7. The van der Waals surface area contributed by atoms with Crippen LogP contribution in [0.3, 0.4) is 0 Å². The van der Waals surface area contributed by atoms with Crippen molar-refractivity contribution >= 4 is 0 Å². The molecule has 0 amide bonds. The molecule has 0 saturated carbocycles. The molecule has 0 aromatic heterocycles. The third-order valence-corrected chi connectivity index (χ3v) is 5.63. The van der Waals surface area contributed by atoms with Crippen LogP contribution in [-0.4, -0.2) is 0 Å². The van der Waals surface area contributed by atoms with Gasteiger partial charge >= 0.3 is 0 Å². The van der Waals surface area contributed by atoms with Crippen molar-refractivity contribution < 1.29 is 9.47 Å². The van der Waals surface area contributed by atoms with E-state index in [1.54, 1.807) is 0 Å². The lowest BCUT2D eigenvalue weighted by Gasteiger charge is -2.26. The normalized spacial score (nSPS) is 11.2. The first-order valence-electron chi connectivity index (χ1n) is 10.6. The van der Waals surface area contributed by atoms with Crippen LogP contribution in [0.4, 0.5) is 0 Å². The van der Waals surface area contributed by atoms with E-state index in [1.165, 1.54) is 22.3 Å². The summed E-state index contributed by atoms with van der Waals surface area (Å²) >= 11 is 0. The molecule has 31 heavy (non-hydrogen) atoms. The van der Waals surface area contributed by atoms with Gasteiger partial charge in [0.1, 0.15) is 23.0 Å². The minimum Gasteiger partial charge on any atom is -0.457 e. The molecule has 0 aliphatic heterocycles. The fraction of sp³-hybridized carbons (Fsp3) is 0.172. The number of hydrogen-bond acceptors (Lipinski definition) is 2. The highest BCUT2D eigenvalue weighted by Crippen LogP contribution is 2.34. The van der Waals surface area contributed by atoms with Gasteiger partial charge in [-0.15, -0.1) is 0 Å². The molecule has 0 heterocycles. The molecule has 2 nitrogen and oxygen atoms in total. The van der Waals surface area contributed by atoms with E-state index in [2.05, 4.69) is 70.2 Å². The molecule has 0 aliphatic rings. The van der Waals surface area contributed by atoms with E-state index in [-0.39, 0.29) is 5.41 Å². The van der Waals surface area contributed by atoms with Crippen LogP contribution < -0.4 is 9.47 Å². The molecule has 0 saturated heterocycles. The fourth-order valence-corrected chi connectivity index (χ4v) is 3.60. The Morgan fingerprint density at radius 1 is 0.484 bits per heavy atom. The third-order valence-electron chi connectivity index (χ3n) is 5.63. The average Bonchev–Trinajstić information content (AvgIpc) is 2.76. The molecule has 4 aromatic rings. The van der Waals surface area contributed by atoms with Crippen molar-refractivity contribution in [2.45, 2.75) is 33.1 Å². The maximum absolute atomic E-state index is 6.00. The number of benzene rings is 4. The van der Waals surface area contributed by atoms with Gasteiger partial charge in [0.05, 0.1) is 0 Å². The van der Waals surface area contributed by atoms with Crippen LogP contribution >= 0.6 is 0 Å². The topological polar surface area (TPSA) is 18.5 Å². The van der Waals surface area contributed by atoms with Crippen molar-refractivity contribution in [2.24, 2.45) is 0 Å². The molecule has 0 spiro atoms. The summed E-state index contributed by atoms with van der Waals surface area (Å²) in [5.74, 6) is 3.38. The smallest absolute Gasteiger partial charge is 0.127 e. The Morgan fingerprint density at radius 2 is 0.935 bits per heavy atom. The Hall–Kier alpha value is -3.52. The van der Waals surface area contributed by atoms with Crippen LogP contribution in [0.5, 0.6) is 23.0 Å². The van der Waals surface area contributed by atoms with Crippen LogP contribution in [0.25, 0.3) is 0 Å². The quantitative estimate of drug-likeness (QED) is 0.320. The molecule has 4 rings (SSSR count). The summed E-state index contributed by atoms with van der Waals surface area (Å²) in [7, 11) is 0. The summed E-state index contributed by atoms with van der Waals surface area (Å²) in [5, 5.41) is 0. The molecule has 0 unspecified atom stereocenters. The third kappa shape index (κ3) is 4.97. The van der Waals surface area contributed by atoms with Gasteiger partial charge in [0.2, 0.25) is 0 Å². The highest BCUT2D eigenvalue weighted by Gasteiger charge is 2.23. The lowest BCUT2D eigenvalue weighted by atomic mass is 9.78. The van der Waals surface area contributed by atoms with Crippen LogP contribution in [0.2, 0.25) is 0 Å². The van der Waals surface area contributed by atoms with Gasteiger partial charge in [-0.1, -0.05) is 67.9 Å². The predicted octanol–water partition coefficient (Wildman–Crippen LogP) is 8.21. The molecular weight excluding hydrogens is 380 g/mol. The maximum Gasteiger partial charge on any atom is 0.127 e. The van der Waals surface area contributed by atoms with E-state index in [4.69, 9.17) is 9.47 Å². The van der Waals surface area contributed by atoms with Crippen LogP contribution in [-0.2, 0) is 5.41 Å². The van der Waals surface area contributed by atoms with Gasteiger partial charge in [0.15, 0.2) is 0 Å². The lowest BCUT2D eigenvalue weighted by molar-refractivity contribution is 0.481.